The molecule has 0 spiro atoms. The summed E-state index contributed by atoms with van der Waals surface area (Å²) in [4.78, 5) is 0. The molecule has 0 fully saturated rings. The topological polar surface area (TPSA) is 64.7 Å². The van der Waals surface area contributed by atoms with Gasteiger partial charge in [0.1, 0.15) is 11.5 Å². The van der Waals surface area contributed by atoms with Crippen LogP contribution < -0.4 is 15.2 Å². The Kier molecular flexibility index (Phi) is 4.38. The van der Waals surface area contributed by atoms with E-state index >= 15 is 0 Å². The van der Waals surface area contributed by atoms with Crippen molar-refractivity contribution in [2.45, 2.75) is 6.04 Å². The van der Waals surface area contributed by atoms with E-state index in [0.29, 0.717) is 11.5 Å². The molecule has 0 aliphatic heterocycles. The number of ether oxygens (including phenoxy) is 2. The van der Waals surface area contributed by atoms with E-state index in [4.69, 9.17) is 20.3 Å². The molecular weight excluding hydrogens is 262 g/mol. The van der Waals surface area contributed by atoms with Gasteiger partial charge >= 0.3 is 0 Å². The number of benzene rings is 1. The Labute approximate surface area is 97.1 Å². The van der Waals surface area contributed by atoms with Gasteiger partial charge in [0.2, 0.25) is 0 Å². The smallest absolute Gasteiger partial charge is 0.133 e. The van der Waals surface area contributed by atoms with Gasteiger partial charge in [-0.1, -0.05) is 0 Å². The van der Waals surface area contributed by atoms with Gasteiger partial charge < -0.3 is 20.3 Å². The average Bonchev–Trinajstić information content (AvgIpc) is 2.27. The molecule has 0 unspecified atom stereocenters. The molecular formula is C10H14BrNO3. The lowest BCUT2D eigenvalue weighted by atomic mass is 10.1. The minimum absolute atomic E-state index is 0.138. The van der Waals surface area contributed by atoms with Crippen molar-refractivity contribution in [2.75, 3.05) is 20.8 Å². The molecule has 0 saturated heterocycles. The number of halogens is 1. The summed E-state index contributed by atoms with van der Waals surface area (Å²) in [6.07, 6.45) is 0. The van der Waals surface area contributed by atoms with Gasteiger partial charge in [-0.05, 0) is 28.1 Å². The molecule has 5 heteroatoms. The van der Waals surface area contributed by atoms with Crippen molar-refractivity contribution in [3.05, 3.63) is 22.2 Å². The third-order valence-electron chi connectivity index (χ3n) is 2.10. The quantitative estimate of drug-likeness (QED) is 0.873. The Morgan fingerprint density at radius 3 is 2.40 bits per heavy atom. The van der Waals surface area contributed by atoms with Crippen LogP contribution in [0.1, 0.15) is 11.6 Å². The van der Waals surface area contributed by atoms with E-state index in [1.54, 1.807) is 26.4 Å². The summed E-state index contributed by atoms with van der Waals surface area (Å²) < 4.78 is 11.1. The number of hydrogen-bond donors (Lipinski definition) is 2. The Morgan fingerprint density at radius 1 is 1.33 bits per heavy atom. The van der Waals surface area contributed by atoms with Crippen molar-refractivity contribution in [1.82, 2.24) is 0 Å². The molecule has 84 valence electrons. The second-order valence-electron chi connectivity index (χ2n) is 3.02. The fourth-order valence-corrected chi connectivity index (χ4v) is 1.76. The number of hydrogen-bond acceptors (Lipinski definition) is 4. The summed E-state index contributed by atoms with van der Waals surface area (Å²) in [6.45, 7) is -0.138. The van der Waals surface area contributed by atoms with Crippen LogP contribution in [0, 0.1) is 0 Å². The molecule has 0 saturated carbocycles. The molecule has 0 aromatic heterocycles. The van der Waals surface area contributed by atoms with Crippen LogP contribution in [0.5, 0.6) is 11.5 Å². The summed E-state index contributed by atoms with van der Waals surface area (Å²) in [7, 11) is 3.13. The summed E-state index contributed by atoms with van der Waals surface area (Å²) in [5.74, 6) is 1.29. The van der Waals surface area contributed by atoms with E-state index in [1.807, 2.05) is 0 Å². The van der Waals surface area contributed by atoms with Gasteiger partial charge in [-0.25, -0.2) is 0 Å². The maximum Gasteiger partial charge on any atom is 0.133 e. The van der Waals surface area contributed by atoms with Crippen LogP contribution in [0.15, 0.2) is 16.6 Å². The van der Waals surface area contributed by atoms with Crippen LogP contribution in [-0.4, -0.2) is 25.9 Å². The molecule has 1 atom stereocenters. The molecule has 3 N–H and O–H groups in total. The van der Waals surface area contributed by atoms with Gasteiger partial charge in [-0.15, -0.1) is 0 Å². The molecule has 0 amide bonds. The molecule has 1 rings (SSSR count). The van der Waals surface area contributed by atoms with E-state index in [1.165, 1.54) is 0 Å². The third kappa shape index (κ3) is 2.62. The third-order valence-corrected chi connectivity index (χ3v) is 2.72. The molecule has 0 aliphatic rings. The molecule has 0 radical (unpaired) electrons. The van der Waals surface area contributed by atoms with Crippen LogP contribution in [0.3, 0.4) is 0 Å². The van der Waals surface area contributed by atoms with Crippen LogP contribution in [-0.2, 0) is 0 Å². The number of rotatable bonds is 4. The Morgan fingerprint density at radius 2 is 1.93 bits per heavy atom. The van der Waals surface area contributed by atoms with Crippen LogP contribution >= 0.6 is 15.9 Å². The zero-order valence-electron chi connectivity index (χ0n) is 8.66. The zero-order valence-corrected chi connectivity index (χ0v) is 10.2. The predicted molar refractivity (Wildman–Crippen MR) is 61.3 cm³/mol. The van der Waals surface area contributed by atoms with Gasteiger partial charge in [0, 0.05) is 5.56 Å². The Bertz CT molecular complexity index is 344. The fraction of sp³-hybridized carbons (Fsp3) is 0.400. The zero-order chi connectivity index (χ0) is 11.4. The summed E-state index contributed by atoms with van der Waals surface area (Å²) >= 11 is 3.34. The minimum Gasteiger partial charge on any atom is -0.496 e. The lowest BCUT2D eigenvalue weighted by Gasteiger charge is -2.15. The summed E-state index contributed by atoms with van der Waals surface area (Å²) in [5.41, 5.74) is 6.47. The Balaban J connectivity index is 3.22. The van der Waals surface area contributed by atoms with Crippen molar-refractivity contribution >= 4 is 15.9 Å². The number of aliphatic hydroxyl groups is 1. The first-order chi connectivity index (χ1) is 7.13. The van der Waals surface area contributed by atoms with Crippen molar-refractivity contribution in [2.24, 2.45) is 5.73 Å². The highest BCUT2D eigenvalue weighted by Crippen LogP contribution is 2.34. The van der Waals surface area contributed by atoms with Crippen molar-refractivity contribution in [3.63, 3.8) is 0 Å². The van der Waals surface area contributed by atoms with Crippen molar-refractivity contribution in [3.8, 4) is 11.5 Å². The van der Waals surface area contributed by atoms with E-state index in [2.05, 4.69) is 15.9 Å². The lowest BCUT2D eigenvalue weighted by Crippen LogP contribution is -2.15. The average molecular weight is 276 g/mol. The van der Waals surface area contributed by atoms with Crippen LogP contribution in [0.4, 0.5) is 0 Å². The van der Waals surface area contributed by atoms with E-state index < -0.39 is 6.04 Å². The number of nitrogens with two attached hydrogens (primary N) is 1. The minimum atomic E-state index is -0.470. The summed E-state index contributed by atoms with van der Waals surface area (Å²) in [6, 6.07) is 3.05. The van der Waals surface area contributed by atoms with Gasteiger partial charge in [0.25, 0.3) is 0 Å². The molecule has 1 aromatic rings. The van der Waals surface area contributed by atoms with Crippen molar-refractivity contribution in [1.29, 1.82) is 0 Å². The lowest BCUT2D eigenvalue weighted by molar-refractivity contribution is 0.264. The molecule has 0 aliphatic carbocycles. The maximum atomic E-state index is 9.01. The highest BCUT2D eigenvalue weighted by molar-refractivity contribution is 9.10. The Hall–Kier alpha value is -0.780. The summed E-state index contributed by atoms with van der Waals surface area (Å²) in [5, 5.41) is 9.01. The fourth-order valence-electron chi connectivity index (χ4n) is 1.27. The number of methoxy groups -OCH3 is 2. The van der Waals surface area contributed by atoms with Crippen LogP contribution in [0.25, 0.3) is 0 Å². The van der Waals surface area contributed by atoms with E-state index in [0.717, 1.165) is 10.0 Å². The molecule has 4 nitrogen and oxygen atoms in total. The molecule has 1 aromatic carbocycles. The largest absolute Gasteiger partial charge is 0.496 e. The molecule has 15 heavy (non-hydrogen) atoms. The second kappa shape index (κ2) is 5.34. The van der Waals surface area contributed by atoms with Crippen molar-refractivity contribution < 1.29 is 14.6 Å². The monoisotopic (exact) mass is 275 g/mol. The highest BCUT2D eigenvalue weighted by Gasteiger charge is 2.14. The van der Waals surface area contributed by atoms with Gasteiger partial charge in [-0.3, -0.25) is 0 Å². The number of aliphatic hydroxyl groups excluding tert-OH is 1. The normalized spacial score (nSPS) is 12.3. The first-order valence-electron chi connectivity index (χ1n) is 4.41. The molecule has 0 bridgehead atoms. The second-order valence-corrected chi connectivity index (χ2v) is 3.87. The van der Waals surface area contributed by atoms with Crippen LogP contribution in [0.2, 0.25) is 0 Å². The first kappa shape index (κ1) is 12.3. The predicted octanol–water partition coefficient (Wildman–Crippen LogP) is 1.46. The van der Waals surface area contributed by atoms with Gasteiger partial charge in [0.05, 0.1) is 31.3 Å². The SMILES string of the molecule is COc1cc([C@H](N)CO)c(OC)cc1Br. The van der Waals surface area contributed by atoms with E-state index in [-0.39, 0.29) is 6.61 Å². The molecule has 0 heterocycles. The maximum absolute atomic E-state index is 9.01. The van der Waals surface area contributed by atoms with Gasteiger partial charge in [0.15, 0.2) is 0 Å². The first-order valence-corrected chi connectivity index (χ1v) is 5.21. The standard InChI is InChI=1S/C10H14BrNO3/c1-14-9-4-7(11)10(15-2)3-6(9)8(12)5-13/h3-4,8,13H,5,12H2,1-2H3/t8-/m1/s1. The highest BCUT2D eigenvalue weighted by atomic mass is 79.9. The van der Waals surface area contributed by atoms with Gasteiger partial charge in [-0.2, -0.15) is 0 Å². The van der Waals surface area contributed by atoms with E-state index in [9.17, 15) is 0 Å².